The standard InChI is InChI=1S/C45H55F2N4O10PS/c1-43(2,3)41(55)58-26-60-62(57,61-27-59-42(56)44(4,5)6)45(46,47)30-20-21-36-29(22-30)23-37(63-36)38(52)49-33-18-12-11-16-31-17-13-19-35(51(31)39(33)53)40(54)50-24-32(34(25-50)48-7)28-14-9-8-10-15-28/h8-10,14-15,20-23,31-35H,11-13,16-19,24-27H2,1-6H3,(H,49,52)/t31-,32-,33-,34+,35-/m0/s1. The summed E-state index contributed by atoms with van der Waals surface area (Å²) < 4.78 is 66.9. The Morgan fingerprint density at radius 1 is 0.857 bits per heavy atom. The highest BCUT2D eigenvalue weighted by atomic mass is 32.1. The Bertz CT molecular complexity index is 2250. The first-order valence-corrected chi connectivity index (χ1v) is 23.5. The van der Waals surface area contributed by atoms with Gasteiger partial charge in [0.25, 0.3) is 5.91 Å². The van der Waals surface area contributed by atoms with Crippen molar-refractivity contribution in [2.24, 2.45) is 10.8 Å². The molecule has 0 spiro atoms. The van der Waals surface area contributed by atoms with Gasteiger partial charge < -0.3 is 29.4 Å². The fourth-order valence-electron chi connectivity index (χ4n) is 8.10. The van der Waals surface area contributed by atoms with Crippen LogP contribution in [0.25, 0.3) is 14.9 Å². The molecule has 340 valence electrons. The van der Waals surface area contributed by atoms with Gasteiger partial charge in [0.15, 0.2) is 0 Å². The van der Waals surface area contributed by atoms with Crippen molar-refractivity contribution in [2.75, 3.05) is 26.7 Å². The van der Waals surface area contributed by atoms with Crippen molar-refractivity contribution in [3.05, 3.63) is 82.0 Å². The number of benzene rings is 2. The number of ether oxygens (including phenoxy) is 2. The van der Waals surface area contributed by atoms with Crippen molar-refractivity contribution < 1.29 is 55.8 Å². The van der Waals surface area contributed by atoms with Crippen molar-refractivity contribution in [3.8, 4) is 0 Å². The van der Waals surface area contributed by atoms with Crippen LogP contribution >= 0.6 is 18.9 Å². The molecule has 0 saturated carbocycles. The molecule has 3 fully saturated rings. The van der Waals surface area contributed by atoms with Gasteiger partial charge in [-0.3, -0.25) is 37.6 Å². The minimum absolute atomic E-state index is 0.122. The minimum Gasteiger partial charge on any atom is -0.438 e. The van der Waals surface area contributed by atoms with E-state index in [0.717, 1.165) is 54.7 Å². The molecule has 3 aromatic rings. The number of piperidine rings is 1. The summed E-state index contributed by atoms with van der Waals surface area (Å²) in [5.41, 5.74) is -6.25. The summed E-state index contributed by atoms with van der Waals surface area (Å²) in [5, 5.41) is 3.07. The lowest BCUT2D eigenvalue weighted by atomic mass is 9.88. The third kappa shape index (κ3) is 10.6. The lowest BCUT2D eigenvalue weighted by Crippen LogP contribution is -2.61. The van der Waals surface area contributed by atoms with Gasteiger partial charge in [0.2, 0.25) is 31.4 Å². The minimum atomic E-state index is -5.59. The zero-order valence-electron chi connectivity index (χ0n) is 36.4. The molecule has 5 atom stereocenters. The van der Waals surface area contributed by atoms with Crippen LogP contribution in [0.4, 0.5) is 8.78 Å². The number of rotatable bonds is 12. The molecule has 6 rings (SSSR count). The Morgan fingerprint density at radius 3 is 2.10 bits per heavy atom. The van der Waals surface area contributed by atoms with E-state index in [9.17, 15) is 28.5 Å². The van der Waals surface area contributed by atoms with E-state index in [1.165, 1.54) is 53.7 Å². The third-order valence-electron chi connectivity index (χ3n) is 11.6. The quantitative estimate of drug-likeness (QED) is 0.0806. The van der Waals surface area contributed by atoms with E-state index in [4.69, 9.17) is 25.1 Å². The Kier molecular flexibility index (Phi) is 14.5. The predicted octanol–water partition coefficient (Wildman–Crippen LogP) is 8.61. The van der Waals surface area contributed by atoms with E-state index < -0.39 is 79.2 Å². The van der Waals surface area contributed by atoms with E-state index in [-0.39, 0.29) is 40.6 Å². The molecular formula is C45H55F2N4O10PS. The summed E-state index contributed by atoms with van der Waals surface area (Å²) in [6, 6.07) is 12.1. The second kappa shape index (κ2) is 19.2. The number of hydrogen-bond acceptors (Lipinski definition) is 11. The summed E-state index contributed by atoms with van der Waals surface area (Å²) >= 11 is 1.00. The molecule has 0 bridgehead atoms. The number of esters is 2. The number of alkyl halides is 2. The third-order valence-corrected chi connectivity index (χ3v) is 14.6. The van der Waals surface area contributed by atoms with Gasteiger partial charge in [0, 0.05) is 22.8 Å². The van der Waals surface area contributed by atoms with Crippen LogP contribution in [-0.2, 0) is 47.9 Å². The van der Waals surface area contributed by atoms with Crippen molar-refractivity contribution in [1.82, 2.24) is 15.1 Å². The maximum absolute atomic E-state index is 16.3. The molecule has 3 amide bonds. The molecule has 1 aromatic heterocycles. The Hall–Kier alpha value is -4.75. The maximum atomic E-state index is 16.3. The molecule has 63 heavy (non-hydrogen) atoms. The number of thiophene rings is 1. The number of nitrogens with zero attached hydrogens (tertiary/aromatic N) is 3. The van der Waals surface area contributed by atoms with E-state index >= 15 is 8.78 Å². The van der Waals surface area contributed by atoms with Crippen molar-refractivity contribution >= 4 is 58.7 Å². The molecule has 14 nitrogen and oxygen atoms in total. The predicted molar refractivity (Wildman–Crippen MR) is 230 cm³/mol. The molecule has 3 aliphatic rings. The number of halogens is 2. The first kappa shape index (κ1) is 47.7. The Morgan fingerprint density at radius 2 is 1.48 bits per heavy atom. The summed E-state index contributed by atoms with van der Waals surface area (Å²) in [6.45, 7) is 15.3. The second-order valence-corrected chi connectivity index (χ2v) is 21.5. The first-order chi connectivity index (χ1) is 29.6. The lowest BCUT2D eigenvalue weighted by molar-refractivity contribution is -0.163. The number of likely N-dealkylation sites (tertiary alicyclic amines) is 1. The van der Waals surface area contributed by atoms with Gasteiger partial charge in [0.05, 0.1) is 28.2 Å². The van der Waals surface area contributed by atoms with E-state index in [1.54, 1.807) is 9.80 Å². The zero-order chi connectivity index (χ0) is 45.9. The average molecular weight is 913 g/mol. The number of fused-ring (bicyclic) bond motifs is 2. The normalized spacial score (nSPS) is 22.4. The molecule has 2 aromatic carbocycles. The van der Waals surface area contributed by atoms with Crippen molar-refractivity contribution in [3.63, 3.8) is 0 Å². The summed E-state index contributed by atoms with van der Waals surface area (Å²) in [4.78, 5) is 74.7. The van der Waals surface area contributed by atoms with E-state index in [1.807, 2.05) is 30.3 Å². The monoisotopic (exact) mass is 912 g/mol. The number of amides is 3. The topological polar surface area (TPSA) is 162 Å². The molecule has 4 heterocycles. The molecule has 3 aliphatic heterocycles. The van der Waals surface area contributed by atoms with Crippen LogP contribution in [0.1, 0.15) is 113 Å². The van der Waals surface area contributed by atoms with Crippen LogP contribution in [0.5, 0.6) is 0 Å². The fraction of sp³-hybridized carbons (Fsp3) is 0.556. The van der Waals surface area contributed by atoms with Crippen LogP contribution < -0.4 is 5.32 Å². The van der Waals surface area contributed by atoms with Gasteiger partial charge in [-0.25, -0.2) is 6.57 Å². The zero-order valence-corrected chi connectivity index (χ0v) is 38.1. The maximum Gasteiger partial charge on any atom is 0.410 e. The van der Waals surface area contributed by atoms with Crippen LogP contribution in [0, 0.1) is 17.4 Å². The summed E-state index contributed by atoms with van der Waals surface area (Å²) in [5.74, 6) is -2.94. The van der Waals surface area contributed by atoms with Gasteiger partial charge in [-0.15, -0.1) is 11.3 Å². The molecule has 0 aliphatic carbocycles. The summed E-state index contributed by atoms with van der Waals surface area (Å²) in [6.07, 6.45) is 4.46. The van der Waals surface area contributed by atoms with Gasteiger partial charge in [-0.05, 0) is 103 Å². The van der Waals surface area contributed by atoms with Crippen LogP contribution in [0.2, 0.25) is 0 Å². The largest absolute Gasteiger partial charge is 0.438 e. The van der Waals surface area contributed by atoms with Crippen LogP contribution in [0.3, 0.4) is 0 Å². The lowest BCUT2D eigenvalue weighted by Gasteiger charge is -2.45. The molecule has 18 heteroatoms. The SMILES string of the molecule is [C-]#[N+][C@@H]1CN(C(=O)[C@@H]2CCC[C@@H]3CCCC[C@H](NC(=O)c4cc5cc(C(F)(F)P(=O)(OCOC(=O)C(C)(C)C)OCOC(=O)C(C)(C)C)ccc5s4)C(=O)N32)C[C@H]1c1ccccc1. The number of nitrogens with one attached hydrogen (secondary N) is 1. The average Bonchev–Trinajstić information content (AvgIpc) is 3.88. The van der Waals surface area contributed by atoms with Gasteiger partial charge >= 0.3 is 25.2 Å². The smallest absolute Gasteiger partial charge is 0.410 e. The highest BCUT2D eigenvalue weighted by molar-refractivity contribution is 7.54. The molecule has 1 N–H and O–H groups in total. The van der Waals surface area contributed by atoms with Gasteiger partial charge in [-0.2, -0.15) is 8.78 Å². The van der Waals surface area contributed by atoms with Crippen LogP contribution in [-0.4, -0.2) is 90.3 Å². The molecule has 0 radical (unpaired) electrons. The first-order valence-electron chi connectivity index (χ1n) is 21.1. The Labute approximate surface area is 370 Å². The highest BCUT2D eigenvalue weighted by Crippen LogP contribution is 2.67. The molecule has 3 saturated heterocycles. The van der Waals surface area contributed by atoms with Gasteiger partial charge in [0.1, 0.15) is 12.1 Å². The highest BCUT2D eigenvalue weighted by Gasteiger charge is 2.56. The Balaban J connectivity index is 1.19. The number of carbonyl (C=O) groups excluding carboxylic acids is 5. The van der Waals surface area contributed by atoms with Crippen molar-refractivity contribution in [1.29, 1.82) is 0 Å². The van der Waals surface area contributed by atoms with E-state index in [2.05, 4.69) is 10.2 Å². The fourth-order valence-corrected chi connectivity index (χ4v) is 10.3. The van der Waals surface area contributed by atoms with Gasteiger partial charge in [-0.1, -0.05) is 49.2 Å². The van der Waals surface area contributed by atoms with E-state index in [0.29, 0.717) is 30.5 Å². The molecule has 0 unspecified atom stereocenters. The second-order valence-electron chi connectivity index (χ2n) is 18.4. The number of hydrogen-bond donors (Lipinski definition) is 1. The molecular weight excluding hydrogens is 858 g/mol. The number of carbonyl (C=O) groups is 5. The summed E-state index contributed by atoms with van der Waals surface area (Å²) in [7, 11) is -5.59. The van der Waals surface area contributed by atoms with Crippen molar-refractivity contribution in [2.45, 2.75) is 122 Å². The van der Waals surface area contributed by atoms with Crippen LogP contribution in [0.15, 0.2) is 54.6 Å².